The molecule has 0 heterocycles. The van der Waals surface area contributed by atoms with Crippen LogP contribution in [0.5, 0.6) is 0 Å². The van der Waals surface area contributed by atoms with Gasteiger partial charge in [0, 0.05) is 14.9 Å². The van der Waals surface area contributed by atoms with Gasteiger partial charge in [0.1, 0.15) is 0 Å². The minimum Gasteiger partial charge on any atom is -0.126 e. The predicted octanol–water partition coefficient (Wildman–Crippen LogP) is 4.50. The molecule has 3 heteroatoms. The molecule has 0 radical (unpaired) electrons. The molecule has 0 nitrogen and oxygen atoms in total. The molecule has 66 valence electrons. The smallest absolute Gasteiger partial charge is 0.0431 e. The van der Waals surface area contributed by atoms with Crippen molar-refractivity contribution in [2.75, 3.05) is 5.75 Å². The fourth-order valence-corrected chi connectivity index (χ4v) is 2.35. The van der Waals surface area contributed by atoms with Gasteiger partial charge in [0.25, 0.3) is 0 Å². The largest absolute Gasteiger partial charge is 0.126 e. The average Bonchev–Trinajstić information content (AvgIpc) is 1.99. The number of halogens is 2. The molecule has 0 fully saturated rings. The number of thioether (sulfide) groups is 1. The minimum atomic E-state index is 0.709. The van der Waals surface area contributed by atoms with E-state index in [9.17, 15) is 0 Å². The lowest BCUT2D eigenvalue weighted by Gasteiger charge is -2.00. The molecule has 1 aromatic rings. The Hall–Kier alpha value is 0.150. The van der Waals surface area contributed by atoms with Crippen molar-refractivity contribution < 1.29 is 0 Å². The van der Waals surface area contributed by atoms with Gasteiger partial charge in [-0.15, -0.1) is 11.8 Å². The van der Waals surface area contributed by atoms with Crippen LogP contribution in [0.25, 0.3) is 0 Å². The van der Waals surface area contributed by atoms with Crippen LogP contribution >= 0.6 is 35.0 Å². The van der Waals surface area contributed by atoms with Gasteiger partial charge in [0.05, 0.1) is 0 Å². The highest BCUT2D eigenvalue weighted by Gasteiger charge is 1.97. The summed E-state index contributed by atoms with van der Waals surface area (Å²) in [4.78, 5) is 1.15. The lowest BCUT2D eigenvalue weighted by atomic mass is 10.4. The molecule has 0 N–H and O–H groups in total. The Labute approximate surface area is 87.3 Å². The van der Waals surface area contributed by atoms with E-state index in [1.165, 1.54) is 0 Å². The summed E-state index contributed by atoms with van der Waals surface area (Å²) in [5.74, 6) is 1.11. The Morgan fingerprint density at radius 1 is 1.17 bits per heavy atom. The Morgan fingerprint density at radius 3 is 2.25 bits per heavy atom. The number of hydrogen-bond donors (Lipinski definition) is 0. The van der Waals surface area contributed by atoms with E-state index in [4.69, 9.17) is 23.2 Å². The average molecular weight is 221 g/mol. The molecule has 1 rings (SSSR count). The summed E-state index contributed by atoms with van der Waals surface area (Å²) in [5.41, 5.74) is 0. The van der Waals surface area contributed by atoms with E-state index < -0.39 is 0 Å². The Bertz CT molecular complexity index is 240. The van der Waals surface area contributed by atoms with Crippen LogP contribution in [0.2, 0.25) is 10.0 Å². The summed E-state index contributed by atoms with van der Waals surface area (Å²) in [6.45, 7) is 2.15. The maximum atomic E-state index is 5.83. The predicted molar refractivity (Wildman–Crippen MR) is 57.5 cm³/mol. The first kappa shape index (κ1) is 10.2. The first-order valence-electron chi connectivity index (χ1n) is 3.81. The monoisotopic (exact) mass is 220 g/mol. The molecule has 0 bridgehead atoms. The van der Waals surface area contributed by atoms with Crippen molar-refractivity contribution in [1.82, 2.24) is 0 Å². The Balaban J connectivity index is 2.72. The van der Waals surface area contributed by atoms with Crippen LogP contribution in [0, 0.1) is 0 Å². The van der Waals surface area contributed by atoms with Crippen molar-refractivity contribution in [1.29, 1.82) is 0 Å². The van der Waals surface area contributed by atoms with Crippen LogP contribution in [-0.2, 0) is 0 Å². The molecule has 0 saturated carbocycles. The fraction of sp³-hybridized carbons (Fsp3) is 0.333. The summed E-state index contributed by atoms with van der Waals surface area (Å²) in [5, 5.41) is 1.42. The number of benzene rings is 1. The minimum absolute atomic E-state index is 0.709. The molecule has 0 aliphatic carbocycles. The molecule has 0 saturated heterocycles. The molecule has 12 heavy (non-hydrogen) atoms. The molecule has 0 spiro atoms. The highest BCUT2D eigenvalue weighted by atomic mass is 35.5. The third-order valence-corrected chi connectivity index (χ3v) is 2.93. The van der Waals surface area contributed by atoms with Gasteiger partial charge in [0.15, 0.2) is 0 Å². The van der Waals surface area contributed by atoms with Crippen molar-refractivity contribution in [2.45, 2.75) is 18.2 Å². The van der Waals surface area contributed by atoms with E-state index in [-0.39, 0.29) is 0 Å². The van der Waals surface area contributed by atoms with Gasteiger partial charge in [-0.3, -0.25) is 0 Å². The maximum absolute atomic E-state index is 5.83. The maximum Gasteiger partial charge on any atom is 0.0431 e. The van der Waals surface area contributed by atoms with Gasteiger partial charge in [-0.2, -0.15) is 0 Å². The van der Waals surface area contributed by atoms with E-state index in [1.54, 1.807) is 17.8 Å². The summed E-state index contributed by atoms with van der Waals surface area (Å²) in [6, 6.07) is 5.63. The quantitative estimate of drug-likeness (QED) is 0.677. The van der Waals surface area contributed by atoms with E-state index in [1.807, 2.05) is 12.1 Å². The van der Waals surface area contributed by atoms with Gasteiger partial charge >= 0.3 is 0 Å². The van der Waals surface area contributed by atoms with Crippen LogP contribution in [0.3, 0.4) is 0 Å². The molecule has 0 aromatic heterocycles. The van der Waals surface area contributed by atoms with E-state index in [2.05, 4.69) is 6.92 Å². The van der Waals surface area contributed by atoms with Gasteiger partial charge in [-0.25, -0.2) is 0 Å². The highest BCUT2D eigenvalue weighted by Crippen LogP contribution is 2.26. The third-order valence-electron chi connectivity index (χ3n) is 1.31. The van der Waals surface area contributed by atoms with Crippen LogP contribution < -0.4 is 0 Å². The third kappa shape index (κ3) is 3.26. The summed E-state index contributed by atoms with van der Waals surface area (Å²) in [6.07, 6.45) is 1.16. The van der Waals surface area contributed by atoms with E-state index in [0.717, 1.165) is 17.1 Å². The molecular weight excluding hydrogens is 211 g/mol. The second-order valence-corrected chi connectivity index (χ2v) is 4.49. The first-order valence-corrected chi connectivity index (χ1v) is 5.55. The lowest BCUT2D eigenvalue weighted by Crippen LogP contribution is -1.76. The second kappa shape index (κ2) is 5.00. The van der Waals surface area contributed by atoms with E-state index >= 15 is 0 Å². The topological polar surface area (TPSA) is 0 Å². The SMILES string of the molecule is CCCSc1cc(Cl)cc(Cl)c1. The Kier molecular flexibility index (Phi) is 4.27. The molecule has 0 amide bonds. The number of hydrogen-bond acceptors (Lipinski definition) is 1. The molecule has 0 unspecified atom stereocenters. The van der Waals surface area contributed by atoms with Crippen LogP contribution in [0.1, 0.15) is 13.3 Å². The summed E-state index contributed by atoms with van der Waals surface area (Å²) < 4.78 is 0. The standard InChI is InChI=1S/C9H10Cl2S/c1-2-3-12-9-5-7(10)4-8(11)6-9/h4-6H,2-3H2,1H3. The van der Waals surface area contributed by atoms with Crippen LogP contribution in [0.15, 0.2) is 23.1 Å². The van der Waals surface area contributed by atoms with Crippen LogP contribution in [0.4, 0.5) is 0 Å². The number of rotatable bonds is 3. The molecule has 0 atom stereocenters. The summed E-state index contributed by atoms with van der Waals surface area (Å²) in [7, 11) is 0. The van der Waals surface area contributed by atoms with Gasteiger partial charge in [-0.1, -0.05) is 30.1 Å². The van der Waals surface area contributed by atoms with E-state index in [0.29, 0.717) is 10.0 Å². The normalized spacial score (nSPS) is 10.2. The molecule has 0 aliphatic rings. The van der Waals surface area contributed by atoms with Crippen molar-refractivity contribution in [3.63, 3.8) is 0 Å². The zero-order valence-corrected chi connectivity index (χ0v) is 9.14. The molecule has 1 aromatic carbocycles. The fourth-order valence-electron chi connectivity index (χ4n) is 0.832. The van der Waals surface area contributed by atoms with Crippen LogP contribution in [-0.4, -0.2) is 5.75 Å². The van der Waals surface area contributed by atoms with Gasteiger partial charge in [0.2, 0.25) is 0 Å². The van der Waals surface area contributed by atoms with Crippen molar-refractivity contribution >= 4 is 35.0 Å². The lowest BCUT2D eigenvalue weighted by molar-refractivity contribution is 1.10. The molecular formula is C9H10Cl2S. The van der Waals surface area contributed by atoms with Crippen molar-refractivity contribution in [3.05, 3.63) is 28.2 Å². The zero-order valence-electron chi connectivity index (χ0n) is 6.81. The molecule has 0 aliphatic heterocycles. The van der Waals surface area contributed by atoms with Crippen molar-refractivity contribution in [3.8, 4) is 0 Å². The first-order chi connectivity index (χ1) is 5.72. The highest BCUT2D eigenvalue weighted by molar-refractivity contribution is 7.99. The van der Waals surface area contributed by atoms with Gasteiger partial charge in [-0.05, 0) is 30.4 Å². The Morgan fingerprint density at radius 2 is 1.75 bits per heavy atom. The summed E-state index contributed by atoms with van der Waals surface area (Å²) >= 11 is 13.4. The zero-order chi connectivity index (χ0) is 8.97. The van der Waals surface area contributed by atoms with Gasteiger partial charge < -0.3 is 0 Å². The van der Waals surface area contributed by atoms with Crippen molar-refractivity contribution in [2.24, 2.45) is 0 Å². The second-order valence-electron chi connectivity index (χ2n) is 2.45.